The topological polar surface area (TPSA) is 81.9 Å². The van der Waals surface area contributed by atoms with E-state index in [0.717, 1.165) is 23.0 Å². The van der Waals surface area contributed by atoms with Crippen molar-refractivity contribution in [2.45, 2.75) is 22.7 Å². The van der Waals surface area contributed by atoms with Crippen molar-refractivity contribution in [1.29, 1.82) is 0 Å². The van der Waals surface area contributed by atoms with Gasteiger partial charge >= 0.3 is 6.18 Å². The number of thiophene rings is 1. The number of hydrogen-bond donors (Lipinski definition) is 0. The van der Waals surface area contributed by atoms with Crippen molar-refractivity contribution in [3.63, 3.8) is 0 Å². The molecule has 2 aromatic heterocycles. The predicted octanol–water partition coefficient (Wildman–Crippen LogP) is 4.62. The van der Waals surface area contributed by atoms with Crippen LogP contribution in [0.1, 0.15) is 23.7 Å². The van der Waals surface area contributed by atoms with Gasteiger partial charge in [-0.3, -0.25) is 0 Å². The van der Waals surface area contributed by atoms with Gasteiger partial charge in [0.1, 0.15) is 21.4 Å². The molecule has 172 valence electrons. The van der Waals surface area contributed by atoms with Crippen LogP contribution in [-0.4, -0.2) is 45.2 Å². The summed E-state index contributed by atoms with van der Waals surface area (Å²) in [4.78, 5) is 0.271. The molecule has 1 atom stereocenters. The number of alkyl halides is 3. The van der Waals surface area contributed by atoms with Crippen LogP contribution >= 0.6 is 11.3 Å². The number of nitrogens with zero attached hydrogens (tertiary/aromatic N) is 2. The number of sulfonamides is 1. The van der Waals surface area contributed by atoms with Crippen LogP contribution in [0, 0.1) is 0 Å². The second kappa shape index (κ2) is 8.41. The van der Waals surface area contributed by atoms with E-state index in [9.17, 15) is 21.6 Å². The normalized spacial score (nSPS) is 17.6. The summed E-state index contributed by atoms with van der Waals surface area (Å²) in [6.07, 6.45) is -4.07. The molecule has 0 amide bonds. The molecule has 1 aromatic carbocycles. The zero-order valence-corrected chi connectivity index (χ0v) is 18.7. The Morgan fingerprint density at radius 3 is 2.59 bits per heavy atom. The van der Waals surface area contributed by atoms with Crippen molar-refractivity contribution in [1.82, 2.24) is 9.46 Å². The van der Waals surface area contributed by atoms with E-state index in [1.54, 1.807) is 26.4 Å². The smallest absolute Gasteiger partial charge is 0.452 e. The summed E-state index contributed by atoms with van der Waals surface area (Å²) in [6.45, 7) is 0.560. The lowest BCUT2D eigenvalue weighted by atomic mass is 9.97. The van der Waals surface area contributed by atoms with Gasteiger partial charge in [0.2, 0.25) is 5.76 Å². The molecule has 3 aromatic rings. The van der Waals surface area contributed by atoms with Crippen LogP contribution in [0.15, 0.2) is 45.1 Å². The highest BCUT2D eigenvalue weighted by molar-refractivity contribution is 7.91. The van der Waals surface area contributed by atoms with Crippen LogP contribution < -0.4 is 9.47 Å². The minimum absolute atomic E-state index is 0.0299. The molecule has 0 unspecified atom stereocenters. The number of halogens is 3. The number of hydrogen-bond acceptors (Lipinski definition) is 7. The molecule has 7 nitrogen and oxygen atoms in total. The molecule has 3 heterocycles. The Kier molecular flexibility index (Phi) is 5.94. The van der Waals surface area contributed by atoms with Crippen molar-refractivity contribution >= 4 is 21.4 Å². The Labute approximate surface area is 186 Å². The maximum absolute atomic E-state index is 13.2. The quantitative estimate of drug-likeness (QED) is 0.504. The Morgan fingerprint density at radius 1 is 1.16 bits per heavy atom. The Balaban J connectivity index is 1.55. The summed E-state index contributed by atoms with van der Waals surface area (Å²) in [5.74, 6) is -0.0186. The van der Waals surface area contributed by atoms with Gasteiger partial charge in [0, 0.05) is 30.6 Å². The van der Waals surface area contributed by atoms with Gasteiger partial charge in [-0.25, -0.2) is 8.42 Å². The first-order chi connectivity index (χ1) is 15.1. The molecule has 0 radical (unpaired) electrons. The number of aromatic nitrogens is 1. The third-order valence-electron chi connectivity index (χ3n) is 5.25. The van der Waals surface area contributed by atoms with Crippen molar-refractivity contribution in [2.75, 3.05) is 27.3 Å². The molecule has 32 heavy (non-hydrogen) atoms. The molecule has 12 heteroatoms. The molecule has 0 aliphatic carbocycles. The molecule has 1 saturated heterocycles. The third-order valence-corrected chi connectivity index (χ3v) is 8.69. The summed E-state index contributed by atoms with van der Waals surface area (Å²) in [5, 5.41) is 3.41. The van der Waals surface area contributed by atoms with E-state index in [1.165, 1.54) is 16.4 Å². The first kappa shape index (κ1) is 22.6. The average molecular weight is 489 g/mol. The average Bonchev–Trinajstić information content (AvgIpc) is 3.52. The molecule has 1 aliphatic rings. The highest BCUT2D eigenvalue weighted by Gasteiger charge is 2.37. The van der Waals surface area contributed by atoms with Crippen LogP contribution in [-0.2, 0) is 16.2 Å². The van der Waals surface area contributed by atoms with E-state index in [1.807, 2.05) is 6.07 Å². The van der Waals surface area contributed by atoms with Crippen LogP contribution in [0.5, 0.6) is 11.5 Å². The molecule has 1 aliphatic heterocycles. The lowest BCUT2D eigenvalue weighted by Crippen LogP contribution is -2.28. The molecule has 4 rings (SSSR count). The van der Waals surface area contributed by atoms with Crippen molar-refractivity contribution in [2.24, 2.45) is 0 Å². The van der Waals surface area contributed by atoms with Crippen LogP contribution in [0.3, 0.4) is 0 Å². The fourth-order valence-corrected chi connectivity index (χ4v) is 6.52. The van der Waals surface area contributed by atoms with E-state index in [2.05, 4.69) is 9.68 Å². The Morgan fingerprint density at radius 2 is 1.94 bits per heavy atom. The summed E-state index contributed by atoms with van der Waals surface area (Å²) in [5.41, 5.74) is 0.794. The van der Waals surface area contributed by atoms with Crippen LogP contribution in [0.2, 0.25) is 0 Å². The Hall–Kier alpha value is -2.57. The molecule has 0 saturated carbocycles. The van der Waals surface area contributed by atoms with Gasteiger partial charge in [-0.15, -0.1) is 11.3 Å². The summed E-state index contributed by atoms with van der Waals surface area (Å²) in [7, 11) is -0.719. The van der Waals surface area contributed by atoms with Crippen molar-refractivity contribution in [3.05, 3.63) is 47.7 Å². The molecule has 1 fully saturated rings. The van der Waals surface area contributed by atoms with E-state index < -0.39 is 22.0 Å². The Bertz CT molecular complexity index is 1220. The van der Waals surface area contributed by atoms with E-state index in [-0.39, 0.29) is 27.2 Å². The largest absolute Gasteiger partial charge is 0.497 e. The van der Waals surface area contributed by atoms with Crippen molar-refractivity contribution < 1.29 is 35.6 Å². The summed E-state index contributed by atoms with van der Waals surface area (Å²) in [6, 6.07) is 8.94. The standard InChI is InChI=1S/C20H19F3N2O5S2/c1-28-13-3-4-16(29-2)14(9-13)12-7-8-25(11-12)32(26,27)19-6-5-17(31-19)15-10-18(30-24-15)20(21,22)23/h3-6,9-10,12H,7-8,11H2,1-2H3/t12-/m0/s1. The highest BCUT2D eigenvalue weighted by Crippen LogP contribution is 2.40. The molecule has 0 spiro atoms. The van der Waals surface area contributed by atoms with E-state index in [4.69, 9.17) is 9.47 Å². The molecule has 0 N–H and O–H groups in total. The number of benzene rings is 1. The maximum atomic E-state index is 13.2. The first-order valence-corrected chi connectivity index (χ1v) is 11.8. The van der Waals surface area contributed by atoms with Gasteiger partial charge in [-0.1, -0.05) is 5.16 Å². The number of methoxy groups -OCH3 is 2. The van der Waals surface area contributed by atoms with Crippen molar-refractivity contribution in [3.8, 4) is 22.1 Å². The van der Waals surface area contributed by atoms with Crippen LogP contribution in [0.4, 0.5) is 13.2 Å². The summed E-state index contributed by atoms with van der Waals surface area (Å²) < 4.78 is 81.0. The molecular formula is C20H19F3N2O5S2. The SMILES string of the molecule is COc1ccc(OC)c([C@H]2CCN(S(=O)(=O)c3ccc(-c4cc(C(F)(F)F)on4)s3)C2)c1. The first-order valence-electron chi connectivity index (χ1n) is 9.49. The lowest BCUT2D eigenvalue weighted by molar-refractivity contribution is -0.155. The van der Waals surface area contributed by atoms with Crippen LogP contribution in [0.25, 0.3) is 10.6 Å². The lowest BCUT2D eigenvalue weighted by Gasteiger charge is -2.18. The number of ether oxygens (including phenoxy) is 2. The summed E-state index contributed by atoms with van der Waals surface area (Å²) >= 11 is 0.850. The molecular weight excluding hydrogens is 469 g/mol. The zero-order valence-electron chi connectivity index (χ0n) is 17.0. The second-order valence-corrected chi connectivity index (χ2v) is 10.4. The van der Waals surface area contributed by atoms with Gasteiger partial charge in [0.05, 0.1) is 19.1 Å². The fraction of sp³-hybridized carbons (Fsp3) is 0.350. The van der Waals surface area contributed by atoms with Gasteiger partial charge in [-0.2, -0.15) is 17.5 Å². The van der Waals surface area contributed by atoms with Gasteiger partial charge in [0.25, 0.3) is 10.0 Å². The van der Waals surface area contributed by atoms with Gasteiger partial charge in [-0.05, 0) is 36.8 Å². The maximum Gasteiger partial charge on any atom is 0.452 e. The van der Waals surface area contributed by atoms with Gasteiger partial charge in [0.15, 0.2) is 0 Å². The molecule has 0 bridgehead atoms. The van der Waals surface area contributed by atoms with E-state index >= 15 is 0 Å². The minimum atomic E-state index is -4.66. The predicted molar refractivity (Wildman–Crippen MR) is 110 cm³/mol. The fourth-order valence-electron chi connectivity index (χ4n) is 3.61. The number of rotatable bonds is 6. The zero-order chi connectivity index (χ0) is 23.1. The second-order valence-electron chi connectivity index (χ2n) is 7.15. The monoisotopic (exact) mass is 488 g/mol. The minimum Gasteiger partial charge on any atom is -0.497 e. The highest BCUT2D eigenvalue weighted by atomic mass is 32.2. The van der Waals surface area contributed by atoms with E-state index in [0.29, 0.717) is 24.5 Å². The third kappa shape index (κ3) is 4.21. The van der Waals surface area contributed by atoms with Gasteiger partial charge < -0.3 is 14.0 Å².